The highest BCUT2D eigenvalue weighted by Gasteiger charge is 2.58. The van der Waals surface area contributed by atoms with Gasteiger partial charge in [-0.15, -0.1) is 0 Å². The maximum atomic E-state index is 11.7. The molecule has 3 fully saturated rings. The number of hydrogen-bond acceptors (Lipinski definition) is 5. The smallest absolute Gasteiger partial charge is 0.195 e. The monoisotopic (exact) mass is 200 g/mol. The summed E-state index contributed by atoms with van der Waals surface area (Å²) in [4.78, 5) is 11.7. The minimum atomic E-state index is -0.720. The van der Waals surface area contributed by atoms with E-state index in [-0.39, 0.29) is 5.78 Å². The summed E-state index contributed by atoms with van der Waals surface area (Å²) in [5.74, 6) is -0.781. The van der Waals surface area contributed by atoms with Crippen molar-refractivity contribution in [3.8, 4) is 0 Å². The Morgan fingerprint density at radius 1 is 1.36 bits per heavy atom. The first kappa shape index (κ1) is 8.79. The zero-order valence-corrected chi connectivity index (χ0v) is 8.06. The van der Waals surface area contributed by atoms with E-state index >= 15 is 0 Å². The predicted octanol–water partition coefficient (Wildman–Crippen LogP) is -0.169. The van der Waals surface area contributed by atoms with Crippen molar-refractivity contribution in [3.63, 3.8) is 0 Å². The van der Waals surface area contributed by atoms with Crippen LogP contribution >= 0.6 is 0 Å². The molecule has 3 heterocycles. The first-order valence-corrected chi connectivity index (χ1v) is 4.73. The van der Waals surface area contributed by atoms with Crippen LogP contribution in [-0.4, -0.2) is 42.8 Å². The Kier molecular flexibility index (Phi) is 1.60. The number of carbonyl (C=O) groups excluding carboxylic acids is 1. The third kappa shape index (κ3) is 1.07. The molecule has 0 aromatic carbocycles. The van der Waals surface area contributed by atoms with Gasteiger partial charge in [0.1, 0.15) is 12.2 Å². The number of ether oxygens (including phenoxy) is 4. The van der Waals surface area contributed by atoms with Gasteiger partial charge in [0, 0.05) is 0 Å². The molecule has 2 bridgehead atoms. The van der Waals surface area contributed by atoms with E-state index in [2.05, 4.69) is 0 Å². The van der Waals surface area contributed by atoms with Crippen molar-refractivity contribution >= 4 is 5.78 Å². The molecule has 0 amide bonds. The van der Waals surface area contributed by atoms with Gasteiger partial charge in [0.25, 0.3) is 0 Å². The summed E-state index contributed by atoms with van der Waals surface area (Å²) in [6.45, 7) is 3.89. The van der Waals surface area contributed by atoms with Crippen molar-refractivity contribution < 1.29 is 23.7 Å². The molecule has 0 aromatic heterocycles. The highest BCUT2D eigenvalue weighted by Crippen LogP contribution is 2.38. The average Bonchev–Trinajstić information content (AvgIpc) is 2.64. The Labute approximate surface area is 81.3 Å². The van der Waals surface area contributed by atoms with E-state index < -0.39 is 30.4 Å². The zero-order chi connectivity index (χ0) is 9.92. The first-order chi connectivity index (χ1) is 6.57. The summed E-state index contributed by atoms with van der Waals surface area (Å²) in [5.41, 5.74) is 0. The van der Waals surface area contributed by atoms with Gasteiger partial charge in [0.2, 0.25) is 0 Å². The molecule has 5 heteroatoms. The third-order valence-electron chi connectivity index (χ3n) is 2.71. The maximum Gasteiger partial charge on any atom is 0.195 e. The number of carbonyl (C=O) groups is 1. The molecule has 0 aliphatic carbocycles. The molecule has 5 nitrogen and oxygen atoms in total. The minimum Gasteiger partial charge on any atom is -0.347 e. The van der Waals surface area contributed by atoms with Gasteiger partial charge in [-0.1, -0.05) is 0 Å². The van der Waals surface area contributed by atoms with Crippen LogP contribution in [0, 0.1) is 0 Å². The lowest BCUT2D eigenvalue weighted by Crippen LogP contribution is -2.49. The topological polar surface area (TPSA) is 54.0 Å². The van der Waals surface area contributed by atoms with Crippen molar-refractivity contribution in [1.82, 2.24) is 0 Å². The average molecular weight is 200 g/mol. The highest BCUT2D eigenvalue weighted by molar-refractivity contribution is 5.89. The standard InChI is InChI=1S/C9H12O5/c1-9(2)13-6-5(10)4-3-11-8(12-4)7(6)14-9/h4,6-8H,3H2,1-2H3/t4-,6+,7-,8+/m0/s1. The van der Waals surface area contributed by atoms with Gasteiger partial charge in [0.15, 0.2) is 24.0 Å². The van der Waals surface area contributed by atoms with Crippen molar-refractivity contribution in [2.45, 2.75) is 44.2 Å². The van der Waals surface area contributed by atoms with Crippen molar-refractivity contribution in [2.24, 2.45) is 0 Å². The van der Waals surface area contributed by atoms with Gasteiger partial charge in [-0.3, -0.25) is 4.79 Å². The van der Waals surface area contributed by atoms with E-state index in [9.17, 15) is 4.79 Å². The zero-order valence-electron chi connectivity index (χ0n) is 8.06. The normalized spacial score (nSPS) is 49.4. The molecule has 0 N–H and O–H groups in total. The SMILES string of the molecule is CC1(C)O[C@@H]2[C@@H]3OC[C@H](O3)C(=O)[C@H]2O1. The molecule has 78 valence electrons. The van der Waals surface area contributed by atoms with Crippen LogP contribution in [0.3, 0.4) is 0 Å². The van der Waals surface area contributed by atoms with Gasteiger partial charge in [-0.05, 0) is 13.8 Å². The summed E-state index contributed by atoms with van der Waals surface area (Å²) < 4.78 is 21.7. The molecule has 14 heavy (non-hydrogen) atoms. The molecule has 0 saturated carbocycles. The number of Topliss-reactive ketones (excluding diaryl/α,β-unsaturated/α-hetero) is 1. The van der Waals surface area contributed by atoms with E-state index in [0.717, 1.165) is 0 Å². The van der Waals surface area contributed by atoms with E-state index in [0.29, 0.717) is 6.61 Å². The van der Waals surface area contributed by atoms with Crippen LogP contribution in [0.15, 0.2) is 0 Å². The number of fused-ring (bicyclic) bond motifs is 4. The van der Waals surface area contributed by atoms with Gasteiger partial charge in [-0.25, -0.2) is 0 Å². The molecule has 0 unspecified atom stereocenters. The van der Waals surface area contributed by atoms with Gasteiger partial charge in [-0.2, -0.15) is 0 Å². The lowest BCUT2D eigenvalue weighted by atomic mass is 10.0. The fraction of sp³-hybridized carbons (Fsp3) is 0.889. The fourth-order valence-electron chi connectivity index (χ4n) is 2.14. The van der Waals surface area contributed by atoms with Crippen LogP contribution in [0.4, 0.5) is 0 Å². The summed E-state index contributed by atoms with van der Waals surface area (Å²) in [6.07, 6.45) is -1.82. The predicted molar refractivity (Wildman–Crippen MR) is 43.4 cm³/mol. The number of hydrogen-bond donors (Lipinski definition) is 0. The second-order valence-corrected chi connectivity index (χ2v) is 4.25. The highest BCUT2D eigenvalue weighted by atomic mass is 16.8. The van der Waals surface area contributed by atoms with Crippen LogP contribution in [0.25, 0.3) is 0 Å². The Morgan fingerprint density at radius 3 is 2.93 bits per heavy atom. The Morgan fingerprint density at radius 2 is 2.14 bits per heavy atom. The lowest BCUT2D eigenvalue weighted by molar-refractivity contribution is -0.187. The minimum absolute atomic E-state index is 0.0608. The molecular weight excluding hydrogens is 188 g/mol. The summed E-state index contributed by atoms with van der Waals surface area (Å²) in [7, 11) is 0. The van der Waals surface area contributed by atoms with E-state index in [1.165, 1.54) is 0 Å². The molecular formula is C9H12O5. The van der Waals surface area contributed by atoms with Crippen molar-refractivity contribution in [3.05, 3.63) is 0 Å². The van der Waals surface area contributed by atoms with E-state index in [1.807, 2.05) is 0 Å². The van der Waals surface area contributed by atoms with Crippen LogP contribution in [0.1, 0.15) is 13.8 Å². The molecule has 0 aromatic rings. The Balaban J connectivity index is 1.92. The Hall–Kier alpha value is -0.490. The van der Waals surface area contributed by atoms with Crippen LogP contribution < -0.4 is 0 Å². The summed E-state index contributed by atoms with van der Waals surface area (Å²) in [5, 5.41) is 0. The molecule has 4 atom stereocenters. The lowest BCUT2D eigenvalue weighted by Gasteiger charge is -2.25. The van der Waals surface area contributed by atoms with Crippen LogP contribution in [-0.2, 0) is 23.7 Å². The number of ketones is 1. The molecule has 3 saturated heterocycles. The van der Waals surface area contributed by atoms with Gasteiger partial charge in [0.05, 0.1) is 6.61 Å². The quantitative estimate of drug-likeness (QED) is 0.543. The van der Waals surface area contributed by atoms with Crippen molar-refractivity contribution in [1.29, 1.82) is 0 Å². The molecule has 3 rings (SSSR count). The third-order valence-corrected chi connectivity index (χ3v) is 2.71. The molecule has 3 aliphatic rings. The maximum absolute atomic E-state index is 11.7. The first-order valence-electron chi connectivity index (χ1n) is 4.73. The molecule has 3 aliphatic heterocycles. The van der Waals surface area contributed by atoms with Crippen LogP contribution in [0.5, 0.6) is 0 Å². The molecule has 0 spiro atoms. The van der Waals surface area contributed by atoms with Gasteiger partial charge < -0.3 is 18.9 Å². The Bertz CT molecular complexity index is 287. The second-order valence-electron chi connectivity index (χ2n) is 4.25. The van der Waals surface area contributed by atoms with Crippen LogP contribution in [0.2, 0.25) is 0 Å². The summed E-state index contributed by atoms with van der Waals surface area (Å²) >= 11 is 0. The summed E-state index contributed by atoms with van der Waals surface area (Å²) in [6, 6.07) is 0. The number of rotatable bonds is 0. The largest absolute Gasteiger partial charge is 0.347 e. The van der Waals surface area contributed by atoms with E-state index in [4.69, 9.17) is 18.9 Å². The molecule has 0 radical (unpaired) electrons. The van der Waals surface area contributed by atoms with E-state index in [1.54, 1.807) is 13.8 Å². The van der Waals surface area contributed by atoms with Crippen molar-refractivity contribution in [2.75, 3.05) is 6.61 Å². The fourth-order valence-corrected chi connectivity index (χ4v) is 2.14. The second kappa shape index (κ2) is 2.55. The van der Waals surface area contributed by atoms with Gasteiger partial charge >= 0.3 is 0 Å².